The molecule has 0 bridgehead atoms. The summed E-state index contributed by atoms with van der Waals surface area (Å²) in [6.07, 6.45) is 3.24. The van der Waals surface area contributed by atoms with Gasteiger partial charge in [0.2, 0.25) is 0 Å². The highest BCUT2D eigenvalue weighted by Crippen LogP contribution is 2.34. The van der Waals surface area contributed by atoms with Gasteiger partial charge in [-0.1, -0.05) is 35.7 Å². The van der Waals surface area contributed by atoms with E-state index in [2.05, 4.69) is 0 Å². The fourth-order valence-corrected chi connectivity index (χ4v) is 2.29. The van der Waals surface area contributed by atoms with Gasteiger partial charge in [-0.15, -0.1) is 0 Å². The minimum Gasteiger partial charge on any atom is -0.486 e. The molecule has 1 aromatic carbocycles. The van der Waals surface area contributed by atoms with Gasteiger partial charge in [-0.05, 0) is 31.4 Å². The van der Waals surface area contributed by atoms with Crippen molar-refractivity contribution in [3.05, 3.63) is 28.2 Å². The van der Waals surface area contributed by atoms with E-state index in [0.29, 0.717) is 15.8 Å². The Bertz CT molecular complexity index is 368. The maximum atomic E-state index is 9.79. The summed E-state index contributed by atoms with van der Waals surface area (Å²) in [5.74, 6) is 0.556. The Kier molecular flexibility index (Phi) is 3.95. The Hall–Kier alpha value is -0.440. The van der Waals surface area contributed by atoms with Crippen LogP contribution < -0.4 is 4.74 Å². The van der Waals surface area contributed by atoms with Crippen molar-refractivity contribution in [2.45, 2.75) is 37.9 Å². The highest BCUT2D eigenvalue weighted by atomic mass is 35.5. The monoisotopic (exact) mass is 260 g/mol. The van der Waals surface area contributed by atoms with E-state index in [0.717, 1.165) is 25.7 Å². The van der Waals surface area contributed by atoms with Gasteiger partial charge in [0.15, 0.2) is 0 Å². The van der Waals surface area contributed by atoms with E-state index in [1.807, 2.05) is 0 Å². The van der Waals surface area contributed by atoms with Crippen LogP contribution in [0.5, 0.6) is 5.75 Å². The van der Waals surface area contributed by atoms with Crippen molar-refractivity contribution < 1.29 is 9.84 Å². The highest BCUT2D eigenvalue weighted by molar-refractivity contribution is 6.42. The van der Waals surface area contributed by atoms with Gasteiger partial charge in [0.25, 0.3) is 0 Å². The van der Waals surface area contributed by atoms with E-state index < -0.39 is 6.10 Å². The number of aliphatic hydroxyl groups excluding tert-OH is 1. The van der Waals surface area contributed by atoms with Crippen LogP contribution in [-0.2, 0) is 0 Å². The summed E-state index contributed by atoms with van der Waals surface area (Å²) in [5.41, 5.74) is 0. The molecule has 0 aliphatic heterocycles. The zero-order valence-corrected chi connectivity index (χ0v) is 10.3. The first kappa shape index (κ1) is 12.0. The number of hydrogen-bond donors (Lipinski definition) is 1. The van der Waals surface area contributed by atoms with Gasteiger partial charge in [-0.3, -0.25) is 0 Å². The molecule has 0 radical (unpaired) electrons. The quantitative estimate of drug-likeness (QED) is 0.880. The number of benzene rings is 1. The summed E-state index contributed by atoms with van der Waals surface area (Å²) in [6.45, 7) is 0. The second-order valence-corrected chi connectivity index (χ2v) is 4.85. The molecule has 1 saturated carbocycles. The van der Waals surface area contributed by atoms with Crippen molar-refractivity contribution in [3.63, 3.8) is 0 Å². The third kappa shape index (κ3) is 2.62. The van der Waals surface area contributed by atoms with Crippen molar-refractivity contribution in [3.8, 4) is 5.75 Å². The van der Waals surface area contributed by atoms with E-state index in [-0.39, 0.29) is 6.10 Å². The molecule has 1 aliphatic rings. The molecule has 1 fully saturated rings. The van der Waals surface area contributed by atoms with Gasteiger partial charge < -0.3 is 9.84 Å². The van der Waals surface area contributed by atoms with Crippen molar-refractivity contribution >= 4 is 23.2 Å². The summed E-state index contributed by atoms with van der Waals surface area (Å²) >= 11 is 11.9. The molecule has 2 atom stereocenters. The average Bonchev–Trinajstić information content (AvgIpc) is 2.28. The fourth-order valence-electron chi connectivity index (χ4n) is 1.95. The van der Waals surface area contributed by atoms with Gasteiger partial charge >= 0.3 is 0 Å². The molecular formula is C12H14Cl2O2. The Morgan fingerprint density at radius 2 is 1.94 bits per heavy atom. The standard InChI is InChI=1S/C12H14Cl2O2/c13-8-4-3-7-11(12(8)14)16-10-6-2-1-5-9(10)15/h3-4,7,9-10,15H,1-2,5-6H2. The fraction of sp³-hybridized carbons (Fsp3) is 0.500. The Morgan fingerprint density at radius 1 is 1.19 bits per heavy atom. The van der Waals surface area contributed by atoms with Gasteiger partial charge in [0.05, 0.1) is 11.1 Å². The Labute approximate surface area is 105 Å². The molecule has 2 unspecified atom stereocenters. The van der Waals surface area contributed by atoms with E-state index in [9.17, 15) is 5.11 Å². The van der Waals surface area contributed by atoms with Crippen LogP contribution in [0.2, 0.25) is 10.0 Å². The van der Waals surface area contributed by atoms with E-state index >= 15 is 0 Å². The topological polar surface area (TPSA) is 29.5 Å². The zero-order valence-electron chi connectivity index (χ0n) is 8.83. The smallest absolute Gasteiger partial charge is 0.139 e. The molecule has 0 heterocycles. The zero-order chi connectivity index (χ0) is 11.5. The second-order valence-electron chi connectivity index (χ2n) is 4.06. The number of halogens is 2. The molecular weight excluding hydrogens is 247 g/mol. The largest absolute Gasteiger partial charge is 0.486 e. The summed E-state index contributed by atoms with van der Waals surface area (Å²) in [5, 5.41) is 10.7. The number of hydrogen-bond acceptors (Lipinski definition) is 2. The highest BCUT2D eigenvalue weighted by Gasteiger charge is 2.25. The summed E-state index contributed by atoms with van der Waals surface area (Å²) in [7, 11) is 0. The minimum absolute atomic E-state index is 0.162. The van der Waals surface area contributed by atoms with Crippen LogP contribution in [0.1, 0.15) is 25.7 Å². The van der Waals surface area contributed by atoms with Crippen LogP contribution in [0.3, 0.4) is 0 Å². The predicted octanol–water partition coefficient (Wildman–Crippen LogP) is 3.68. The molecule has 1 aliphatic carbocycles. The van der Waals surface area contributed by atoms with E-state index in [1.165, 1.54) is 0 Å². The normalized spacial score (nSPS) is 25.4. The summed E-state index contributed by atoms with van der Waals surface area (Å²) < 4.78 is 5.71. The van der Waals surface area contributed by atoms with Crippen molar-refractivity contribution in [2.75, 3.05) is 0 Å². The van der Waals surface area contributed by atoms with Gasteiger partial charge in [-0.2, -0.15) is 0 Å². The summed E-state index contributed by atoms with van der Waals surface area (Å²) in [6, 6.07) is 5.28. The van der Waals surface area contributed by atoms with E-state index in [4.69, 9.17) is 27.9 Å². The van der Waals surface area contributed by atoms with Gasteiger partial charge in [0.1, 0.15) is 16.9 Å². The van der Waals surface area contributed by atoms with Gasteiger partial charge in [-0.25, -0.2) is 0 Å². The van der Waals surface area contributed by atoms with Crippen LogP contribution >= 0.6 is 23.2 Å². The Balaban J connectivity index is 2.10. The molecule has 4 heteroatoms. The van der Waals surface area contributed by atoms with Crippen molar-refractivity contribution in [1.29, 1.82) is 0 Å². The lowest BCUT2D eigenvalue weighted by Gasteiger charge is -2.28. The SMILES string of the molecule is OC1CCCCC1Oc1cccc(Cl)c1Cl. The van der Waals surface area contributed by atoms with Crippen molar-refractivity contribution in [2.24, 2.45) is 0 Å². The maximum Gasteiger partial charge on any atom is 0.139 e. The lowest BCUT2D eigenvalue weighted by Crippen LogP contribution is -2.34. The minimum atomic E-state index is -0.399. The third-order valence-corrected chi connectivity index (χ3v) is 3.66. The molecule has 2 rings (SSSR count). The van der Waals surface area contributed by atoms with Crippen molar-refractivity contribution in [1.82, 2.24) is 0 Å². The lowest BCUT2D eigenvalue weighted by molar-refractivity contribution is 0.00693. The molecule has 0 spiro atoms. The van der Waals surface area contributed by atoms with Gasteiger partial charge in [0, 0.05) is 0 Å². The first-order valence-electron chi connectivity index (χ1n) is 5.47. The predicted molar refractivity (Wildman–Crippen MR) is 65.4 cm³/mol. The molecule has 1 aromatic rings. The third-order valence-electron chi connectivity index (χ3n) is 2.86. The first-order chi connectivity index (χ1) is 7.68. The molecule has 88 valence electrons. The molecule has 2 nitrogen and oxygen atoms in total. The van der Waals surface area contributed by atoms with Crippen LogP contribution in [-0.4, -0.2) is 17.3 Å². The molecule has 16 heavy (non-hydrogen) atoms. The summed E-state index contributed by atoms with van der Waals surface area (Å²) in [4.78, 5) is 0. The number of rotatable bonds is 2. The number of aliphatic hydroxyl groups is 1. The first-order valence-corrected chi connectivity index (χ1v) is 6.23. The Morgan fingerprint density at radius 3 is 2.69 bits per heavy atom. The molecule has 0 aromatic heterocycles. The maximum absolute atomic E-state index is 9.79. The van der Waals surface area contributed by atoms with Crippen LogP contribution in [0.25, 0.3) is 0 Å². The van der Waals surface area contributed by atoms with E-state index in [1.54, 1.807) is 18.2 Å². The lowest BCUT2D eigenvalue weighted by atomic mass is 9.95. The van der Waals surface area contributed by atoms with Crippen LogP contribution in [0.15, 0.2) is 18.2 Å². The molecule has 1 N–H and O–H groups in total. The molecule has 0 saturated heterocycles. The molecule has 0 amide bonds. The van der Waals surface area contributed by atoms with Crippen LogP contribution in [0, 0.1) is 0 Å². The average molecular weight is 261 g/mol. The second kappa shape index (κ2) is 5.26. The number of ether oxygens (including phenoxy) is 1. The van der Waals surface area contributed by atoms with Crippen LogP contribution in [0.4, 0.5) is 0 Å².